The second kappa shape index (κ2) is 5.68. The van der Waals surface area contributed by atoms with Gasteiger partial charge in [0.25, 0.3) is 0 Å². The van der Waals surface area contributed by atoms with Crippen molar-refractivity contribution < 1.29 is 5.11 Å². The fraction of sp³-hybridized carbons (Fsp3) is 0.188. The minimum absolute atomic E-state index is 0.390. The minimum Gasteiger partial charge on any atom is -0.388 e. The maximum Gasteiger partial charge on any atom is 0.0861 e. The van der Waals surface area contributed by atoms with E-state index in [-0.39, 0.29) is 0 Å². The van der Waals surface area contributed by atoms with E-state index < -0.39 is 6.10 Å². The largest absolute Gasteiger partial charge is 0.388 e. The monoisotopic (exact) mass is 320 g/mol. The number of halogens is 2. The van der Waals surface area contributed by atoms with Crippen LogP contribution >= 0.6 is 23.2 Å². The summed E-state index contributed by atoms with van der Waals surface area (Å²) in [6, 6.07) is 13.0. The van der Waals surface area contributed by atoms with Crippen molar-refractivity contribution in [3.05, 3.63) is 63.8 Å². The summed E-state index contributed by atoms with van der Waals surface area (Å²) in [4.78, 5) is 0. The van der Waals surface area contributed by atoms with Crippen LogP contribution in [0.3, 0.4) is 0 Å². The van der Waals surface area contributed by atoms with Crippen LogP contribution in [0, 0.1) is 0 Å². The van der Waals surface area contributed by atoms with Crippen molar-refractivity contribution in [1.82, 2.24) is 9.78 Å². The van der Waals surface area contributed by atoms with Gasteiger partial charge in [-0.2, -0.15) is 5.10 Å². The van der Waals surface area contributed by atoms with E-state index in [1.807, 2.05) is 36.0 Å². The van der Waals surface area contributed by atoms with Gasteiger partial charge in [0.2, 0.25) is 0 Å². The Kier molecular flexibility index (Phi) is 3.89. The van der Waals surface area contributed by atoms with Crippen molar-refractivity contribution in [2.24, 2.45) is 7.05 Å². The molecule has 0 aliphatic heterocycles. The van der Waals surface area contributed by atoms with Crippen molar-refractivity contribution in [2.75, 3.05) is 0 Å². The van der Waals surface area contributed by atoms with Gasteiger partial charge in [-0.15, -0.1) is 0 Å². The summed E-state index contributed by atoms with van der Waals surface area (Å²) in [6.07, 6.45) is -0.351. The average molecular weight is 321 g/mol. The van der Waals surface area contributed by atoms with Crippen molar-refractivity contribution in [2.45, 2.75) is 12.5 Å². The van der Waals surface area contributed by atoms with Gasteiger partial charge in [0.05, 0.1) is 17.3 Å². The van der Waals surface area contributed by atoms with E-state index in [0.29, 0.717) is 22.0 Å². The number of aromatic nitrogens is 2. The zero-order chi connectivity index (χ0) is 15.0. The van der Waals surface area contributed by atoms with Gasteiger partial charge in [-0.3, -0.25) is 4.68 Å². The molecule has 108 valence electrons. The summed E-state index contributed by atoms with van der Waals surface area (Å²) < 4.78 is 1.82. The summed E-state index contributed by atoms with van der Waals surface area (Å²) in [6.45, 7) is 0. The van der Waals surface area contributed by atoms with Gasteiger partial charge in [-0.25, -0.2) is 0 Å². The number of para-hydroxylation sites is 1. The molecule has 3 nitrogen and oxygen atoms in total. The molecule has 0 bridgehead atoms. The normalized spacial score (nSPS) is 12.8. The molecular weight excluding hydrogens is 307 g/mol. The molecule has 1 unspecified atom stereocenters. The number of aryl methyl sites for hydroxylation is 1. The van der Waals surface area contributed by atoms with Gasteiger partial charge >= 0.3 is 0 Å². The van der Waals surface area contributed by atoms with E-state index in [0.717, 1.165) is 16.6 Å². The number of aliphatic hydroxyl groups is 1. The zero-order valence-electron chi connectivity index (χ0n) is 11.4. The highest BCUT2D eigenvalue weighted by molar-refractivity contribution is 6.33. The molecule has 21 heavy (non-hydrogen) atoms. The van der Waals surface area contributed by atoms with E-state index in [9.17, 15) is 5.11 Å². The third-order valence-corrected chi connectivity index (χ3v) is 4.12. The number of rotatable bonds is 3. The SMILES string of the molecule is Cn1nc(CC(O)c2cc(Cl)ccc2Cl)c2ccccc21. The number of fused-ring (bicyclic) bond motifs is 1. The second-order valence-corrected chi connectivity index (χ2v) is 5.82. The van der Waals surface area contributed by atoms with Crippen LogP contribution in [-0.2, 0) is 13.5 Å². The molecule has 5 heteroatoms. The number of benzene rings is 2. The van der Waals surface area contributed by atoms with Crippen molar-refractivity contribution in [3.8, 4) is 0 Å². The predicted molar refractivity (Wildman–Crippen MR) is 85.8 cm³/mol. The van der Waals surface area contributed by atoms with Crippen LogP contribution < -0.4 is 0 Å². The fourth-order valence-corrected chi connectivity index (χ4v) is 2.93. The number of nitrogens with zero attached hydrogens (tertiary/aromatic N) is 2. The van der Waals surface area contributed by atoms with Crippen molar-refractivity contribution >= 4 is 34.1 Å². The Bertz CT molecular complexity index is 798. The second-order valence-electron chi connectivity index (χ2n) is 4.97. The lowest BCUT2D eigenvalue weighted by atomic mass is 10.0. The molecule has 3 aromatic rings. The molecule has 0 saturated carbocycles. The maximum atomic E-state index is 10.5. The van der Waals surface area contributed by atoms with Crippen LogP contribution in [0.25, 0.3) is 10.9 Å². The summed E-state index contributed by atoms with van der Waals surface area (Å²) >= 11 is 12.1. The van der Waals surface area contributed by atoms with Gasteiger partial charge in [0, 0.05) is 34.5 Å². The van der Waals surface area contributed by atoms with Crippen molar-refractivity contribution in [3.63, 3.8) is 0 Å². The van der Waals surface area contributed by atoms with Crippen LogP contribution in [0.2, 0.25) is 10.0 Å². The highest BCUT2D eigenvalue weighted by Crippen LogP contribution is 2.30. The summed E-state index contributed by atoms with van der Waals surface area (Å²) in [5.41, 5.74) is 2.51. The Morgan fingerprint density at radius 1 is 1.19 bits per heavy atom. The molecule has 0 amide bonds. The lowest BCUT2D eigenvalue weighted by Gasteiger charge is -2.12. The molecule has 1 aromatic heterocycles. The highest BCUT2D eigenvalue weighted by atomic mass is 35.5. The smallest absolute Gasteiger partial charge is 0.0861 e. The van der Waals surface area contributed by atoms with E-state index in [1.165, 1.54) is 0 Å². The van der Waals surface area contributed by atoms with Crippen molar-refractivity contribution in [1.29, 1.82) is 0 Å². The van der Waals surface area contributed by atoms with E-state index in [2.05, 4.69) is 5.10 Å². The maximum absolute atomic E-state index is 10.5. The third-order valence-electron chi connectivity index (χ3n) is 3.54. The van der Waals surface area contributed by atoms with Gasteiger partial charge in [-0.1, -0.05) is 41.4 Å². The van der Waals surface area contributed by atoms with Crippen LogP contribution in [0.15, 0.2) is 42.5 Å². The quantitative estimate of drug-likeness (QED) is 0.787. The molecule has 2 aromatic carbocycles. The minimum atomic E-state index is -0.741. The Morgan fingerprint density at radius 2 is 1.95 bits per heavy atom. The average Bonchev–Trinajstić information content (AvgIpc) is 2.78. The van der Waals surface area contributed by atoms with E-state index in [4.69, 9.17) is 23.2 Å². The standard InChI is InChI=1S/C16H14Cl2N2O/c1-20-15-5-3-2-4-11(15)14(19-20)9-16(21)12-8-10(17)6-7-13(12)18/h2-8,16,21H,9H2,1H3. The number of aliphatic hydroxyl groups excluding tert-OH is 1. The highest BCUT2D eigenvalue weighted by Gasteiger charge is 2.17. The number of hydrogen-bond acceptors (Lipinski definition) is 2. The summed E-state index contributed by atoms with van der Waals surface area (Å²) in [7, 11) is 1.89. The summed E-state index contributed by atoms with van der Waals surface area (Å²) in [5.74, 6) is 0. The van der Waals surface area contributed by atoms with Gasteiger partial charge < -0.3 is 5.11 Å². The third kappa shape index (κ3) is 2.77. The van der Waals surface area contributed by atoms with Crippen LogP contribution in [-0.4, -0.2) is 14.9 Å². The Hall–Kier alpha value is -1.55. The summed E-state index contributed by atoms with van der Waals surface area (Å²) in [5, 5.41) is 17.0. The first-order valence-corrected chi connectivity index (χ1v) is 7.35. The molecule has 0 saturated heterocycles. The van der Waals surface area contributed by atoms with Crippen LogP contribution in [0.1, 0.15) is 17.4 Å². The molecule has 1 heterocycles. The zero-order valence-corrected chi connectivity index (χ0v) is 12.9. The first-order chi connectivity index (χ1) is 10.1. The lowest BCUT2D eigenvalue weighted by molar-refractivity contribution is 0.177. The lowest BCUT2D eigenvalue weighted by Crippen LogP contribution is -2.04. The molecule has 0 spiro atoms. The molecule has 0 aliphatic carbocycles. The molecule has 3 rings (SSSR count). The van der Waals surface area contributed by atoms with Gasteiger partial charge in [0.15, 0.2) is 0 Å². The van der Waals surface area contributed by atoms with E-state index >= 15 is 0 Å². The molecule has 0 radical (unpaired) electrons. The fourth-order valence-electron chi connectivity index (χ4n) is 2.50. The van der Waals surface area contributed by atoms with Crippen LogP contribution in [0.5, 0.6) is 0 Å². The molecule has 1 atom stereocenters. The number of hydrogen-bond donors (Lipinski definition) is 1. The van der Waals surface area contributed by atoms with E-state index in [1.54, 1.807) is 18.2 Å². The Morgan fingerprint density at radius 3 is 2.76 bits per heavy atom. The Labute approximate surface area is 132 Å². The topological polar surface area (TPSA) is 38.0 Å². The van der Waals surface area contributed by atoms with Crippen LogP contribution in [0.4, 0.5) is 0 Å². The first-order valence-electron chi connectivity index (χ1n) is 6.60. The van der Waals surface area contributed by atoms with Gasteiger partial charge in [0.1, 0.15) is 0 Å². The molecule has 1 N–H and O–H groups in total. The predicted octanol–water partition coefficient (Wildman–Crippen LogP) is 4.16. The molecule has 0 fully saturated rings. The first kappa shape index (κ1) is 14.4. The van der Waals surface area contributed by atoms with Gasteiger partial charge in [-0.05, 0) is 24.3 Å². The molecular formula is C16H14Cl2N2O. The Balaban J connectivity index is 1.96. The molecule has 0 aliphatic rings.